The molecule has 2 aromatic rings. The first-order valence-electron chi connectivity index (χ1n) is 9.35. The normalized spacial score (nSPS) is 15.7. The molecule has 0 bridgehead atoms. The molecule has 0 spiro atoms. The monoisotopic (exact) mass is 399 g/mol. The first-order valence-corrected chi connectivity index (χ1v) is 10.8. The number of nitrogens with zero attached hydrogens (tertiary/aromatic N) is 1. The highest BCUT2D eigenvalue weighted by molar-refractivity contribution is 7.90. The van der Waals surface area contributed by atoms with E-state index < -0.39 is 10.0 Å². The van der Waals surface area contributed by atoms with E-state index in [2.05, 4.69) is 39.3 Å². The number of amidine groups is 1. The SMILES string of the molecule is Cc1ccc(CCNC(=O)C[C@H](C)CC2=NS(=O)(=O)c3ccccc3N2)cc1. The molecule has 148 valence electrons. The van der Waals surface area contributed by atoms with E-state index in [0.717, 1.165) is 6.42 Å². The van der Waals surface area contributed by atoms with Crippen molar-refractivity contribution in [1.29, 1.82) is 0 Å². The fraction of sp³-hybridized carbons (Fsp3) is 0.333. The van der Waals surface area contributed by atoms with Crippen molar-refractivity contribution in [3.63, 3.8) is 0 Å². The average molecular weight is 400 g/mol. The maximum atomic E-state index is 12.3. The minimum Gasteiger partial charge on any atom is -0.356 e. The molecule has 0 saturated heterocycles. The average Bonchev–Trinajstić information content (AvgIpc) is 2.62. The molecule has 1 aliphatic heterocycles. The van der Waals surface area contributed by atoms with Crippen molar-refractivity contribution in [2.45, 2.75) is 38.0 Å². The molecular weight excluding hydrogens is 374 g/mol. The summed E-state index contributed by atoms with van der Waals surface area (Å²) in [6, 6.07) is 14.9. The Morgan fingerprint density at radius 2 is 1.86 bits per heavy atom. The van der Waals surface area contributed by atoms with E-state index in [0.29, 0.717) is 30.9 Å². The molecule has 0 fully saturated rings. The molecule has 3 rings (SSSR count). The lowest BCUT2D eigenvalue weighted by atomic mass is 10.0. The van der Waals surface area contributed by atoms with E-state index in [1.807, 2.05) is 13.8 Å². The maximum absolute atomic E-state index is 12.3. The zero-order valence-electron chi connectivity index (χ0n) is 16.1. The van der Waals surface area contributed by atoms with Crippen molar-refractivity contribution in [1.82, 2.24) is 5.32 Å². The van der Waals surface area contributed by atoms with Gasteiger partial charge in [0, 0.05) is 19.4 Å². The highest BCUT2D eigenvalue weighted by Gasteiger charge is 2.25. The number of sulfonamides is 1. The smallest absolute Gasteiger partial charge is 0.286 e. The van der Waals surface area contributed by atoms with Gasteiger partial charge in [-0.25, -0.2) is 0 Å². The Labute approximate surface area is 166 Å². The molecule has 0 saturated carbocycles. The molecule has 28 heavy (non-hydrogen) atoms. The molecular formula is C21H25N3O3S. The molecule has 1 heterocycles. The second-order valence-corrected chi connectivity index (χ2v) is 8.81. The number of anilines is 1. The van der Waals surface area contributed by atoms with Crippen LogP contribution < -0.4 is 10.6 Å². The number of carbonyl (C=O) groups excluding carboxylic acids is 1. The van der Waals surface area contributed by atoms with Crippen LogP contribution in [0.15, 0.2) is 57.8 Å². The van der Waals surface area contributed by atoms with Crippen LogP contribution in [-0.2, 0) is 21.2 Å². The number of amides is 1. The van der Waals surface area contributed by atoms with Gasteiger partial charge < -0.3 is 10.6 Å². The van der Waals surface area contributed by atoms with Crippen molar-refractivity contribution in [2.24, 2.45) is 10.3 Å². The Morgan fingerprint density at radius 3 is 2.61 bits per heavy atom. The number of rotatable bonds is 7. The van der Waals surface area contributed by atoms with Gasteiger partial charge in [-0.1, -0.05) is 48.9 Å². The first-order chi connectivity index (χ1) is 13.3. The van der Waals surface area contributed by atoms with Crippen LogP contribution in [-0.4, -0.2) is 26.7 Å². The molecule has 0 radical (unpaired) electrons. The molecule has 1 atom stereocenters. The number of fused-ring (bicyclic) bond motifs is 1. The van der Waals surface area contributed by atoms with Crippen LogP contribution in [0.5, 0.6) is 0 Å². The summed E-state index contributed by atoms with van der Waals surface area (Å²) in [6.45, 7) is 4.54. The summed E-state index contributed by atoms with van der Waals surface area (Å²) in [5.74, 6) is 0.295. The molecule has 0 aliphatic carbocycles. The fourth-order valence-electron chi connectivity index (χ4n) is 3.15. The number of nitrogens with one attached hydrogen (secondary N) is 2. The molecule has 6 nitrogen and oxygen atoms in total. The van der Waals surface area contributed by atoms with Gasteiger partial charge in [-0.3, -0.25) is 4.79 Å². The molecule has 7 heteroatoms. The summed E-state index contributed by atoms with van der Waals surface area (Å²) < 4.78 is 28.4. The number of para-hydroxylation sites is 1. The lowest BCUT2D eigenvalue weighted by Crippen LogP contribution is -2.29. The summed E-state index contributed by atoms with van der Waals surface area (Å²) in [5.41, 5.74) is 2.93. The van der Waals surface area contributed by atoms with Crippen LogP contribution in [0.4, 0.5) is 5.69 Å². The highest BCUT2D eigenvalue weighted by Crippen LogP contribution is 2.28. The van der Waals surface area contributed by atoms with Crippen LogP contribution in [0.3, 0.4) is 0 Å². The van der Waals surface area contributed by atoms with Crippen LogP contribution >= 0.6 is 0 Å². The van der Waals surface area contributed by atoms with Gasteiger partial charge in [0.15, 0.2) is 0 Å². The fourth-order valence-corrected chi connectivity index (χ4v) is 4.30. The van der Waals surface area contributed by atoms with Crippen LogP contribution in [0.25, 0.3) is 0 Å². The lowest BCUT2D eigenvalue weighted by molar-refractivity contribution is -0.121. The third kappa shape index (κ3) is 5.19. The zero-order chi connectivity index (χ0) is 20.1. The van der Waals surface area contributed by atoms with Crippen LogP contribution in [0.2, 0.25) is 0 Å². The van der Waals surface area contributed by atoms with Crippen molar-refractivity contribution in [2.75, 3.05) is 11.9 Å². The maximum Gasteiger partial charge on any atom is 0.286 e. The van der Waals surface area contributed by atoms with Gasteiger partial charge >= 0.3 is 0 Å². The number of hydrogen-bond acceptors (Lipinski definition) is 4. The number of benzene rings is 2. The molecule has 0 unspecified atom stereocenters. The lowest BCUT2D eigenvalue weighted by Gasteiger charge is -2.20. The topological polar surface area (TPSA) is 87.6 Å². The van der Waals surface area contributed by atoms with E-state index in [-0.39, 0.29) is 16.7 Å². The van der Waals surface area contributed by atoms with Crippen LogP contribution in [0.1, 0.15) is 30.9 Å². The predicted molar refractivity (Wildman–Crippen MR) is 111 cm³/mol. The summed E-state index contributed by atoms with van der Waals surface area (Å²) in [7, 11) is -3.69. The Bertz CT molecular complexity index is 982. The molecule has 1 aliphatic rings. The predicted octanol–water partition coefficient (Wildman–Crippen LogP) is 3.28. The molecule has 2 N–H and O–H groups in total. The standard InChI is InChI=1S/C21H25N3O3S/c1-15-7-9-17(10-8-15)11-12-22-21(25)14-16(2)13-20-23-18-5-3-4-6-19(18)28(26,27)24-20/h3-10,16H,11-14H2,1-2H3,(H,22,25)(H,23,24)/t16-/m1/s1. The van der Waals surface area contributed by atoms with Gasteiger partial charge in [-0.05, 0) is 37.0 Å². The Morgan fingerprint density at radius 1 is 1.14 bits per heavy atom. The van der Waals surface area contributed by atoms with Crippen LogP contribution in [0, 0.1) is 12.8 Å². The zero-order valence-corrected chi connectivity index (χ0v) is 16.9. The van der Waals surface area contributed by atoms with Crippen molar-refractivity contribution >= 4 is 27.5 Å². The summed E-state index contributed by atoms with van der Waals surface area (Å²) in [6.07, 6.45) is 1.49. The number of aryl methyl sites for hydroxylation is 1. The summed E-state index contributed by atoms with van der Waals surface area (Å²) >= 11 is 0. The second kappa shape index (κ2) is 8.56. The molecule has 2 aromatic carbocycles. The largest absolute Gasteiger partial charge is 0.356 e. The van der Waals surface area contributed by atoms with E-state index in [4.69, 9.17) is 0 Å². The van der Waals surface area contributed by atoms with Gasteiger partial charge in [-0.15, -0.1) is 4.40 Å². The third-order valence-electron chi connectivity index (χ3n) is 4.61. The van der Waals surface area contributed by atoms with Crippen molar-refractivity contribution in [3.8, 4) is 0 Å². The van der Waals surface area contributed by atoms with Gasteiger partial charge in [0.05, 0.1) is 5.69 Å². The van der Waals surface area contributed by atoms with Crippen molar-refractivity contribution in [3.05, 3.63) is 59.7 Å². The molecule has 0 aromatic heterocycles. The minimum atomic E-state index is -3.69. The van der Waals surface area contributed by atoms with Gasteiger partial charge in [0.1, 0.15) is 10.7 Å². The Kier molecular flexibility index (Phi) is 6.14. The van der Waals surface area contributed by atoms with Gasteiger partial charge in [0.2, 0.25) is 5.91 Å². The van der Waals surface area contributed by atoms with E-state index >= 15 is 0 Å². The van der Waals surface area contributed by atoms with Gasteiger partial charge in [-0.2, -0.15) is 8.42 Å². The quantitative estimate of drug-likeness (QED) is 0.748. The van der Waals surface area contributed by atoms with E-state index in [1.165, 1.54) is 17.2 Å². The first kappa shape index (κ1) is 20.1. The second-order valence-electron chi connectivity index (χ2n) is 7.23. The number of hydrogen-bond donors (Lipinski definition) is 2. The third-order valence-corrected chi connectivity index (χ3v) is 5.98. The van der Waals surface area contributed by atoms with E-state index in [9.17, 15) is 13.2 Å². The Balaban J connectivity index is 1.49. The summed E-state index contributed by atoms with van der Waals surface area (Å²) in [5, 5.41) is 5.99. The van der Waals surface area contributed by atoms with Crippen molar-refractivity contribution < 1.29 is 13.2 Å². The number of carbonyl (C=O) groups is 1. The summed E-state index contributed by atoms with van der Waals surface area (Å²) in [4.78, 5) is 12.4. The minimum absolute atomic E-state index is 0.0360. The van der Waals surface area contributed by atoms with Gasteiger partial charge in [0.25, 0.3) is 10.0 Å². The van der Waals surface area contributed by atoms with E-state index in [1.54, 1.807) is 18.2 Å². The Hall–Kier alpha value is -2.67. The molecule has 1 amide bonds. The highest BCUT2D eigenvalue weighted by atomic mass is 32.2.